The van der Waals surface area contributed by atoms with Gasteiger partial charge in [0, 0.05) is 37.6 Å². The SMILES string of the molecule is C[C@@H](O)c1nc2cnc3ccccc3c2n1C1CCN(CCN)CC1. The van der Waals surface area contributed by atoms with Crippen LogP contribution in [0, 0.1) is 0 Å². The zero-order valence-electron chi connectivity index (χ0n) is 14.6. The second-order valence-electron chi connectivity index (χ2n) is 6.89. The topological polar surface area (TPSA) is 80.2 Å². The fourth-order valence-electron chi connectivity index (χ4n) is 3.99. The molecule has 1 fully saturated rings. The van der Waals surface area contributed by atoms with Crippen molar-refractivity contribution < 1.29 is 5.11 Å². The summed E-state index contributed by atoms with van der Waals surface area (Å²) >= 11 is 0. The summed E-state index contributed by atoms with van der Waals surface area (Å²) in [5.74, 6) is 0.741. The van der Waals surface area contributed by atoms with Gasteiger partial charge in [-0.05, 0) is 25.8 Å². The normalized spacial score (nSPS) is 18.2. The van der Waals surface area contributed by atoms with E-state index in [0.717, 1.165) is 60.2 Å². The predicted molar refractivity (Wildman–Crippen MR) is 99.4 cm³/mol. The maximum atomic E-state index is 10.3. The number of hydrogen-bond acceptors (Lipinski definition) is 5. The summed E-state index contributed by atoms with van der Waals surface area (Å²) in [5, 5.41) is 11.4. The van der Waals surface area contributed by atoms with E-state index in [1.54, 1.807) is 6.92 Å². The van der Waals surface area contributed by atoms with E-state index in [9.17, 15) is 5.11 Å². The average Bonchev–Trinajstić information content (AvgIpc) is 3.03. The summed E-state index contributed by atoms with van der Waals surface area (Å²) in [6.45, 7) is 5.51. The van der Waals surface area contributed by atoms with Gasteiger partial charge < -0.3 is 20.3 Å². The highest BCUT2D eigenvalue weighted by Crippen LogP contribution is 2.34. The molecule has 3 heterocycles. The first-order chi connectivity index (χ1) is 12.2. The molecule has 1 aromatic carbocycles. The quantitative estimate of drug-likeness (QED) is 0.762. The standard InChI is InChI=1S/C19H25N5O/c1-13(25)19-22-17-12-21-16-5-3-2-4-15(16)18(17)24(19)14-6-9-23(10-7-14)11-8-20/h2-5,12-14,25H,6-11,20H2,1H3/t13-/m1/s1. The number of aliphatic hydroxyl groups is 1. The minimum absolute atomic E-state index is 0.342. The van der Waals surface area contributed by atoms with Gasteiger partial charge >= 0.3 is 0 Å². The van der Waals surface area contributed by atoms with Crippen molar-refractivity contribution in [3.63, 3.8) is 0 Å². The molecule has 0 bridgehead atoms. The molecule has 1 aliphatic rings. The minimum Gasteiger partial charge on any atom is -0.385 e. The summed E-state index contributed by atoms with van der Waals surface area (Å²) in [7, 11) is 0. The number of piperidine rings is 1. The summed E-state index contributed by atoms with van der Waals surface area (Å²) < 4.78 is 2.27. The molecule has 6 nitrogen and oxygen atoms in total. The van der Waals surface area contributed by atoms with Gasteiger partial charge in [0.15, 0.2) is 0 Å². The van der Waals surface area contributed by atoms with E-state index in [1.165, 1.54) is 0 Å². The van der Waals surface area contributed by atoms with Crippen molar-refractivity contribution in [3.05, 3.63) is 36.3 Å². The summed E-state index contributed by atoms with van der Waals surface area (Å²) in [5.41, 5.74) is 8.61. The third-order valence-electron chi connectivity index (χ3n) is 5.19. The van der Waals surface area contributed by atoms with Crippen LogP contribution in [0.5, 0.6) is 0 Å². The van der Waals surface area contributed by atoms with Crippen LogP contribution in [0.4, 0.5) is 0 Å². The first-order valence-electron chi connectivity index (χ1n) is 9.05. The van der Waals surface area contributed by atoms with E-state index in [-0.39, 0.29) is 0 Å². The Bertz CT molecular complexity index is 880. The van der Waals surface area contributed by atoms with Crippen LogP contribution in [0.25, 0.3) is 21.9 Å². The highest BCUT2D eigenvalue weighted by atomic mass is 16.3. The first kappa shape index (κ1) is 16.4. The van der Waals surface area contributed by atoms with Gasteiger partial charge in [-0.1, -0.05) is 18.2 Å². The van der Waals surface area contributed by atoms with Crippen LogP contribution in [0.2, 0.25) is 0 Å². The number of fused-ring (bicyclic) bond motifs is 3. The highest BCUT2D eigenvalue weighted by Gasteiger charge is 2.26. The molecule has 3 N–H and O–H groups in total. The number of benzene rings is 1. The van der Waals surface area contributed by atoms with Crippen LogP contribution in [0.15, 0.2) is 30.5 Å². The number of aromatic nitrogens is 3. The smallest absolute Gasteiger partial charge is 0.138 e. The van der Waals surface area contributed by atoms with Crippen LogP contribution in [0.1, 0.15) is 37.7 Å². The van der Waals surface area contributed by atoms with Crippen molar-refractivity contribution in [1.29, 1.82) is 0 Å². The van der Waals surface area contributed by atoms with Crippen molar-refractivity contribution in [2.24, 2.45) is 5.73 Å². The number of imidazole rings is 1. The second-order valence-corrected chi connectivity index (χ2v) is 6.89. The Hall–Kier alpha value is -2.02. The molecule has 0 aliphatic carbocycles. The molecule has 3 aromatic rings. The molecule has 1 atom stereocenters. The van der Waals surface area contributed by atoms with E-state index in [2.05, 4.69) is 20.5 Å². The fourth-order valence-corrected chi connectivity index (χ4v) is 3.99. The molecule has 1 saturated heterocycles. The Morgan fingerprint density at radius 3 is 2.72 bits per heavy atom. The fraction of sp³-hybridized carbons (Fsp3) is 0.474. The molecular formula is C19H25N5O. The zero-order chi connectivity index (χ0) is 17.4. The van der Waals surface area contributed by atoms with Crippen molar-refractivity contribution in [2.45, 2.75) is 31.9 Å². The van der Waals surface area contributed by atoms with E-state index in [4.69, 9.17) is 10.7 Å². The van der Waals surface area contributed by atoms with Gasteiger partial charge in [-0.2, -0.15) is 0 Å². The lowest BCUT2D eigenvalue weighted by Crippen LogP contribution is -2.38. The molecule has 0 spiro atoms. The van der Waals surface area contributed by atoms with E-state index < -0.39 is 6.10 Å². The van der Waals surface area contributed by atoms with Crippen LogP contribution in [-0.4, -0.2) is 50.7 Å². The monoisotopic (exact) mass is 339 g/mol. The van der Waals surface area contributed by atoms with Gasteiger partial charge in [-0.3, -0.25) is 4.98 Å². The number of nitrogens with two attached hydrogens (primary N) is 1. The van der Waals surface area contributed by atoms with Gasteiger partial charge in [0.2, 0.25) is 0 Å². The summed E-state index contributed by atoms with van der Waals surface area (Å²) in [6.07, 6.45) is 3.31. The van der Waals surface area contributed by atoms with Crippen LogP contribution in [-0.2, 0) is 0 Å². The molecule has 6 heteroatoms. The Kier molecular flexibility index (Phi) is 4.41. The molecular weight excluding hydrogens is 314 g/mol. The predicted octanol–water partition coefficient (Wildman–Crippen LogP) is 2.23. The number of rotatable bonds is 4. The molecule has 0 amide bonds. The van der Waals surface area contributed by atoms with Crippen molar-refractivity contribution in [2.75, 3.05) is 26.2 Å². The molecule has 4 rings (SSSR count). The maximum absolute atomic E-state index is 10.3. The second kappa shape index (κ2) is 6.71. The number of pyridine rings is 1. The lowest BCUT2D eigenvalue weighted by Gasteiger charge is -2.33. The molecule has 132 valence electrons. The third kappa shape index (κ3) is 2.90. The van der Waals surface area contributed by atoms with Crippen LogP contribution >= 0.6 is 0 Å². The summed E-state index contributed by atoms with van der Waals surface area (Å²) in [6, 6.07) is 8.50. The van der Waals surface area contributed by atoms with Crippen LogP contribution in [0.3, 0.4) is 0 Å². The summed E-state index contributed by atoms with van der Waals surface area (Å²) in [4.78, 5) is 11.6. The number of para-hydroxylation sites is 1. The van der Waals surface area contributed by atoms with Gasteiger partial charge in [-0.15, -0.1) is 0 Å². The maximum Gasteiger partial charge on any atom is 0.138 e. The molecule has 0 radical (unpaired) electrons. The van der Waals surface area contributed by atoms with Gasteiger partial charge in [0.05, 0.1) is 17.2 Å². The van der Waals surface area contributed by atoms with Gasteiger partial charge in [0.25, 0.3) is 0 Å². The number of aliphatic hydroxyl groups excluding tert-OH is 1. The van der Waals surface area contributed by atoms with Crippen molar-refractivity contribution in [3.8, 4) is 0 Å². The lowest BCUT2D eigenvalue weighted by molar-refractivity contribution is 0.162. The largest absolute Gasteiger partial charge is 0.385 e. The van der Waals surface area contributed by atoms with Crippen molar-refractivity contribution >= 4 is 21.9 Å². The molecule has 25 heavy (non-hydrogen) atoms. The third-order valence-corrected chi connectivity index (χ3v) is 5.19. The Morgan fingerprint density at radius 2 is 2.00 bits per heavy atom. The number of nitrogens with zero attached hydrogens (tertiary/aromatic N) is 4. The van der Waals surface area contributed by atoms with Crippen LogP contribution < -0.4 is 5.73 Å². The molecule has 1 aliphatic heterocycles. The average molecular weight is 339 g/mol. The Labute approximate surface area is 147 Å². The van der Waals surface area contributed by atoms with Gasteiger partial charge in [-0.25, -0.2) is 4.98 Å². The lowest BCUT2D eigenvalue weighted by atomic mass is 10.0. The number of likely N-dealkylation sites (tertiary alicyclic amines) is 1. The molecule has 2 aromatic heterocycles. The van der Waals surface area contributed by atoms with E-state index in [0.29, 0.717) is 12.6 Å². The Balaban J connectivity index is 1.83. The first-order valence-corrected chi connectivity index (χ1v) is 9.05. The van der Waals surface area contributed by atoms with E-state index >= 15 is 0 Å². The molecule has 0 saturated carbocycles. The highest BCUT2D eigenvalue weighted by molar-refractivity contribution is 6.02. The molecule has 0 unspecified atom stereocenters. The van der Waals surface area contributed by atoms with Crippen molar-refractivity contribution in [1.82, 2.24) is 19.4 Å². The number of hydrogen-bond donors (Lipinski definition) is 2. The zero-order valence-corrected chi connectivity index (χ0v) is 14.6. The van der Waals surface area contributed by atoms with Gasteiger partial charge in [0.1, 0.15) is 17.4 Å². The minimum atomic E-state index is -0.603. The Morgan fingerprint density at radius 1 is 1.24 bits per heavy atom. The van der Waals surface area contributed by atoms with E-state index in [1.807, 2.05) is 24.4 Å².